The third-order valence-electron chi connectivity index (χ3n) is 4.84. The molecular formula is C26H19N3O2S2. The molecule has 7 heteroatoms. The number of aromatic nitrogens is 2. The van der Waals surface area contributed by atoms with Crippen molar-refractivity contribution in [2.75, 3.05) is 11.1 Å². The highest BCUT2D eigenvalue weighted by Crippen LogP contribution is 2.35. The zero-order valence-corrected chi connectivity index (χ0v) is 19.1. The molecule has 33 heavy (non-hydrogen) atoms. The lowest BCUT2D eigenvalue weighted by molar-refractivity contribution is -0.113. The second-order valence-corrected chi connectivity index (χ2v) is 8.92. The number of hydrogen-bond acceptors (Lipinski definition) is 6. The van der Waals surface area contributed by atoms with Crippen molar-refractivity contribution in [2.24, 2.45) is 0 Å². The molecule has 0 aliphatic heterocycles. The summed E-state index contributed by atoms with van der Waals surface area (Å²) < 4.78 is 6.08. The summed E-state index contributed by atoms with van der Waals surface area (Å²) >= 11 is 2.67. The molecule has 5 nitrogen and oxygen atoms in total. The van der Waals surface area contributed by atoms with Crippen LogP contribution in [0.5, 0.6) is 0 Å². The first-order valence-corrected chi connectivity index (χ1v) is 12.2. The molecule has 0 saturated carbocycles. The van der Waals surface area contributed by atoms with E-state index in [1.165, 1.54) is 23.1 Å². The van der Waals surface area contributed by atoms with Gasteiger partial charge in [-0.3, -0.25) is 4.79 Å². The average molecular weight is 470 g/mol. The van der Waals surface area contributed by atoms with E-state index in [-0.39, 0.29) is 11.7 Å². The van der Waals surface area contributed by atoms with Crippen LogP contribution in [0.3, 0.4) is 0 Å². The highest BCUT2D eigenvalue weighted by atomic mass is 32.2. The predicted molar refractivity (Wildman–Crippen MR) is 134 cm³/mol. The molecule has 0 aliphatic carbocycles. The Bertz CT molecular complexity index is 1290. The summed E-state index contributed by atoms with van der Waals surface area (Å²) in [6.45, 7) is 0. The zero-order valence-electron chi connectivity index (χ0n) is 17.5. The summed E-state index contributed by atoms with van der Waals surface area (Å²) in [7, 11) is 0. The van der Waals surface area contributed by atoms with Crippen LogP contribution in [0.2, 0.25) is 0 Å². The molecule has 0 saturated heterocycles. The third-order valence-corrected chi connectivity index (χ3v) is 6.42. The Morgan fingerprint density at radius 1 is 0.818 bits per heavy atom. The van der Waals surface area contributed by atoms with Gasteiger partial charge in [0.2, 0.25) is 5.91 Å². The van der Waals surface area contributed by atoms with E-state index in [4.69, 9.17) is 4.42 Å². The van der Waals surface area contributed by atoms with E-state index in [0.717, 1.165) is 28.1 Å². The highest BCUT2D eigenvalue weighted by Gasteiger charge is 2.18. The van der Waals surface area contributed by atoms with Gasteiger partial charge in [0.05, 0.1) is 11.4 Å². The number of nitrogens with one attached hydrogen (secondary N) is 1. The van der Waals surface area contributed by atoms with Crippen molar-refractivity contribution in [2.45, 2.75) is 5.22 Å². The van der Waals surface area contributed by atoms with Gasteiger partial charge < -0.3 is 9.73 Å². The molecule has 0 atom stereocenters. The summed E-state index contributed by atoms with van der Waals surface area (Å²) in [5.74, 6) is 0.704. The molecule has 2 aromatic heterocycles. The lowest BCUT2D eigenvalue weighted by Gasteiger charge is -2.00. The molecule has 2 heterocycles. The van der Waals surface area contributed by atoms with Gasteiger partial charge in [-0.05, 0) is 0 Å². The van der Waals surface area contributed by atoms with E-state index < -0.39 is 0 Å². The molecule has 0 fully saturated rings. The molecule has 0 bridgehead atoms. The minimum absolute atomic E-state index is 0.158. The number of carbonyl (C=O) groups is 1. The maximum absolute atomic E-state index is 12.5. The normalized spacial score (nSPS) is 10.8. The lowest BCUT2D eigenvalue weighted by atomic mass is 10.1. The van der Waals surface area contributed by atoms with Crippen molar-refractivity contribution < 1.29 is 9.21 Å². The van der Waals surface area contributed by atoms with Crippen LogP contribution in [-0.2, 0) is 4.79 Å². The van der Waals surface area contributed by atoms with Gasteiger partial charge in [-0.2, -0.15) is 0 Å². The van der Waals surface area contributed by atoms with Crippen LogP contribution in [0.4, 0.5) is 5.13 Å². The molecule has 3 aromatic carbocycles. The van der Waals surface area contributed by atoms with Crippen LogP contribution >= 0.6 is 23.1 Å². The monoisotopic (exact) mass is 469 g/mol. The fourth-order valence-electron chi connectivity index (χ4n) is 3.29. The van der Waals surface area contributed by atoms with E-state index >= 15 is 0 Å². The Hall–Kier alpha value is -3.68. The first kappa shape index (κ1) is 21.2. The Morgan fingerprint density at radius 3 is 2.09 bits per heavy atom. The Labute approximate surface area is 199 Å². The number of hydrogen-bond donors (Lipinski definition) is 1. The molecule has 162 valence electrons. The Morgan fingerprint density at radius 2 is 1.42 bits per heavy atom. The van der Waals surface area contributed by atoms with Gasteiger partial charge in [0.15, 0.2) is 10.9 Å². The van der Waals surface area contributed by atoms with E-state index in [9.17, 15) is 4.79 Å². The number of thioether (sulfide) groups is 1. The highest BCUT2D eigenvalue weighted by molar-refractivity contribution is 7.99. The van der Waals surface area contributed by atoms with Crippen molar-refractivity contribution >= 4 is 34.1 Å². The van der Waals surface area contributed by atoms with Gasteiger partial charge in [-0.25, -0.2) is 9.97 Å². The van der Waals surface area contributed by atoms with Crippen molar-refractivity contribution in [3.8, 4) is 33.8 Å². The topological polar surface area (TPSA) is 68.0 Å². The lowest BCUT2D eigenvalue weighted by Crippen LogP contribution is -2.13. The fraction of sp³-hybridized carbons (Fsp3) is 0.0385. The number of carbonyl (C=O) groups excluding carboxylic acids is 1. The predicted octanol–water partition coefficient (Wildman–Crippen LogP) is 6.86. The van der Waals surface area contributed by atoms with Crippen LogP contribution in [0.25, 0.3) is 33.8 Å². The van der Waals surface area contributed by atoms with Gasteiger partial charge >= 0.3 is 0 Å². The number of amides is 1. The van der Waals surface area contributed by atoms with E-state index in [0.29, 0.717) is 16.1 Å². The maximum atomic E-state index is 12.5. The molecule has 5 rings (SSSR count). The van der Waals surface area contributed by atoms with Crippen molar-refractivity contribution in [3.05, 3.63) is 96.4 Å². The maximum Gasteiger partial charge on any atom is 0.257 e. The summed E-state index contributed by atoms with van der Waals surface area (Å²) in [5, 5.41) is 5.82. The molecule has 0 aliphatic rings. The van der Waals surface area contributed by atoms with Crippen LogP contribution in [0.1, 0.15) is 0 Å². The summed E-state index contributed by atoms with van der Waals surface area (Å²) in [6, 6.07) is 29.6. The van der Waals surface area contributed by atoms with Gasteiger partial charge in [0, 0.05) is 22.1 Å². The molecule has 0 radical (unpaired) electrons. The number of anilines is 1. The second kappa shape index (κ2) is 9.85. The number of rotatable bonds is 7. The summed E-state index contributed by atoms with van der Waals surface area (Å²) in [6.07, 6.45) is 0. The molecule has 0 spiro atoms. The zero-order chi connectivity index (χ0) is 22.5. The van der Waals surface area contributed by atoms with E-state index in [2.05, 4.69) is 15.3 Å². The van der Waals surface area contributed by atoms with Crippen molar-refractivity contribution in [1.29, 1.82) is 0 Å². The quantitative estimate of drug-likeness (QED) is 0.264. The molecule has 1 amide bonds. The van der Waals surface area contributed by atoms with E-state index in [1.54, 1.807) is 0 Å². The van der Waals surface area contributed by atoms with Crippen LogP contribution in [0, 0.1) is 0 Å². The smallest absolute Gasteiger partial charge is 0.257 e. The standard InChI is InChI=1S/C26H19N3O2S2/c30-22(28-25-27-21(16-32-25)18-10-4-1-5-11-18)17-33-26-29-23(19-12-6-2-7-13-19)24(31-26)20-14-8-3-9-15-20/h1-16H,17H2,(H,27,28,30). The molecule has 1 N–H and O–H groups in total. The molecule has 0 unspecified atom stereocenters. The van der Waals surface area contributed by atoms with Gasteiger partial charge in [0.25, 0.3) is 5.22 Å². The van der Waals surface area contributed by atoms with Crippen molar-refractivity contribution in [1.82, 2.24) is 9.97 Å². The second-order valence-electron chi connectivity index (χ2n) is 7.13. The first-order valence-electron chi connectivity index (χ1n) is 10.3. The SMILES string of the molecule is O=C(CSc1nc(-c2ccccc2)c(-c2ccccc2)o1)Nc1nc(-c2ccccc2)cs1. The Balaban J connectivity index is 1.29. The number of oxazole rings is 1. The first-order chi connectivity index (χ1) is 16.3. The Kier molecular flexibility index (Phi) is 6.32. The van der Waals surface area contributed by atoms with Crippen LogP contribution in [-0.4, -0.2) is 21.6 Å². The minimum Gasteiger partial charge on any atom is -0.431 e. The third kappa shape index (κ3) is 5.05. The number of nitrogens with zero attached hydrogens (tertiary/aromatic N) is 2. The van der Waals surface area contributed by atoms with E-state index in [1.807, 2.05) is 96.4 Å². The summed E-state index contributed by atoms with van der Waals surface area (Å²) in [4.78, 5) is 21.7. The van der Waals surface area contributed by atoms with Crippen LogP contribution in [0.15, 0.2) is 106 Å². The molecular weight excluding hydrogens is 450 g/mol. The summed E-state index contributed by atoms with van der Waals surface area (Å²) in [5.41, 5.74) is 4.53. The van der Waals surface area contributed by atoms with Gasteiger partial charge in [-0.15, -0.1) is 11.3 Å². The van der Waals surface area contributed by atoms with Crippen molar-refractivity contribution in [3.63, 3.8) is 0 Å². The van der Waals surface area contributed by atoms with Gasteiger partial charge in [0.1, 0.15) is 5.69 Å². The largest absolute Gasteiger partial charge is 0.431 e. The van der Waals surface area contributed by atoms with Gasteiger partial charge in [-0.1, -0.05) is 103 Å². The minimum atomic E-state index is -0.158. The fourth-order valence-corrected chi connectivity index (χ4v) is 4.66. The molecule has 5 aromatic rings. The number of benzene rings is 3. The number of thiazole rings is 1. The van der Waals surface area contributed by atoms with Crippen LogP contribution < -0.4 is 5.32 Å². The average Bonchev–Trinajstić information content (AvgIpc) is 3.52.